The van der Waals surface area contributed by atoms with Gasteiger partial charge in [-0.05, 0) is 51.0 Å². The molecule has 3 heterocycles. The number of nitrogens with one attached hydrogen (secondary N) is 1. The van der Waals surface area contributed by atoms with Gasteiger partial charge < -0.3 is 19.5 Å². The first kappa shape index (κ1) is 22.3. The minimum atomic E-state index is -0.609. The number of aromatic nitrogens is 2. The number of hydrogen-bond acceptors (Lipinski definition) is 6. The maximum atomic E-state index is 12.6. The van der Waals surface area contributed by atoms with Crippen LogP contribution < -0.4 is 15.8 Å². The molecular formula is C22H29N5O4. The molecule has 9 heteroatoms. The molecule has 0 aromatic carbocycles. The molecule has 2 amide bonds. The van der Waals surface area contributed by atoms with Crippen LogP contribution in [0, 0.1) is 0 Å². The Morgan fingerprint density at radius 3 is 2.55 bits per heavy atom. The highest BCUT2D eigenvalue weighted by Crippen LogP contribution is 2.21. The standard InChI is InChI=1S/C22H29N5O4/c1-6-15-11-17(20(29)25(5)13-15)24-18-8-7-16(12-23-18)27-10-9-26(14-19(27)28)21(30)31-22(2,3)4/h7-8,11-13H,6,9-10,14H2,1-5H3,(H,23,24). The summed E-state index contributed by atoms with van der Waals surface area (Å²) >= 11 is 0. The first-order valence-electron chi connectivity index (χ1n) is 10.3. The topological polar surface area (TPSA) is 96.8 Å². The van der Waals surface area contributed by atoms with E-state index in [1.165, 1.54) is 4.90 Å². The molecular weight excluding hydrogens is 398 g/mol. The van der Waals surface area contributed by atoms with Crippen molar-refractivity contribution >= 4 is 29.2 Å². The van der Waals surface area contributed by atoms with E-state index in [0.29, 0.717) is 30.3 Å². The number of carbonyl (C=O) groups excluding carboxylic acids is 2. The second kappa shape index (κ2) is 8.79. The second-order valence-electron chi connectivity index (χ2n) is 8.51. The minimum Gasteiger partial charge on any atom is -0.444 e. The fourth-order valence-electron chi connectivity index (χ4n) is 3.25. The van der Waals surface area contributed by atoms with Crippen molar-refractivity contribution in [3.63, 3.8) is 0 Å². The van der Waals surface area contributed by atoms with Crippen molar-refractivity contribution in [3.8, 4) is 0 Å². The van der Waals surface area contributed by atoms with Gasteiger partial charge in [-0.25, -0.2) is 9.78 Å². The van der Waals surface area contributed by atoms with Gasteiger partial charge >= 0.3 is 6.09 Å². The number of hydrogen-bond donors (Lipinski definition) is 1. The van der Waals surface area contributed by atoms with Crippen LogP contribution in [0.5, 0.6) is 0 Å². The molecule has 0 atom stereocenters. The zero-order chi connectivity index (χ0) is 22.8. The van der Waals surface area contributed by atoms with Gasteiger partial charge in [0.05, 0.1) is 11.9 Å². The molecule has 1 fully saturated rings. The van der Waals surface area contributed by atoms with Crippen molar-refractivity contribution in [2.45, 2.75) is 39.7 Å². The Morgan fingerprint density at radius 2 is 1.97 bits per heavy atom. The Hall–Kier alpha value is -3.36. The Kier molecular flexibility index (Phi) is 6.33. The van der Waals surface area contributed by atoms with Gasteiger partial charge in [0.2, 0.25) is 5.91 Å². The zero-order valence-corrected chi connectivity index (χ0v) is 18.6. The summed E-state index contributed by atoms with van der Waals surface area (Å²) < 4.78 is 6.88. The molecule has 9 nitrogen and oxygen atoms in total. The maximum absolute atomic E-state index is 12.6. The number of carbonyl (C=O) groups is 2. The SMILES string of the molecule is CCc1cc(Nc2ccc(N3CCN(C(=O)OC(C)(C)C)CC3=O)cn2)c(=O)n(C)c1. The summed E-state index contributed by atoms with van der Waals surface area (Å²) in [7, 11) is 1.71. The molecule has 0 radical (unpaired) electrons. The van der Waals surface area contributed by atoms with E-state index < -0.39 is 11.7 Å². The van der Waals surface area contributed by atoms with Crippen LogP contribution in [-0.2, 0) is 23.0 Å². The molecule has 0 spiro atoms. The Balaban J connectivity index is 1.67. The molecule has 2 aromatic heterocycles. The van der Waals surface area contributed by atoms with Gasteiger partial charge in [0, 0.05) is 26.3 Å². The summed E-state index contributed by atoms with van der Waals surface area (Å²) in [6.45, 7) is 8.08. The molecule has 1 saturated heterocycles. The number of nitrogens with zero attached hydrogens (tertiary/aromatic N) is 4. The third-order valence-corrected chi connectivity index (χ3v) is 4.84. The van der Waals surface area contributed by atoms with Gasteiger partial charge in [-0.2, -0.15) is 0 Å². The fourth-order valence-corrected chi connectivity index (χ4v) is 3.25. The minimum absolute atomic E-state index is 0.0469. The summed E-state index contributed by atoms with van der Waals surface area (Å²) in [5.74, 6) is 0.304. The number of anilines is 3. The Bertz CT molecular complexity index is 1020. The van der Waals surface area contributed by atoms with E-state index in [0.717, 1.165) is 12.0 Å². The maximum Gasteiger partial charge on any atom is 0.410 e. The van der Waals surface area contributed by atoms with Crippen molar-refractivity contribution in [2.75, 3.05) is 29.9 Å². The van der Waals surface area contributed by atoms with Gasteiger partial charge in [-0.3, -0.25) is 14.5 Å². The van der Waals surface area contributed by atoms with Crippen LogP contribution in [-0.4, -0.2) is 51.7 Å². The van der Waals surface area contributed by atoms with E-state index in [2.05, 4.69) is 10.3 Å². The van der Waals surface area contributed by atoms with Crippen LogP contribution in [0.1, 0.15) is 33.3 Å². The number of ether oxygens (including phenoxy) is 1. The molecule has 166 valence electrons. The molecule has 0 saturated carbocycles. The van der Waals surface area contributed by atoms with Crippen LogP contribution in [0.15, 0.2) is 35.4 Å². The summed E-state index contributed by atoms with van der Waals surface area (Å²) in [4.78, 5) is 44.5. The third-order valence-electron chi connectivity index (χ3n) is 4.84. The third kappa shape index (κ3) is 5.42. The van der Waals surface area contributed by atoms with Gasteiger partial charge in [0.1, 0.15) is 23.7 Å². The van der Waals surface area contributed by atoms with Crippen molar-refractivity contribution in [2.24, 2.45) is 7.05 Å². The number of piperazine rings is 1. The van der Waals surface area contributed by atoms with Gasteiger partial charge in [-0.1, -0.05) is 6.92 Å². The highest BCUT2D eigenvalue weighted by Gasteiger charge is 2.31. The van der Waals surface area contributed by atoms with E-state index in [9.17, 15) is 14.4 Å². The average molecular weight is 428 g/mol. The summed E-state index contributed by atoms with van der Waals surface area (Å²) in [6, 6.07) is 5.31. The number of amides is 2. The quantitative estimate of drug-likeness (QED) is 0.806. The molecule has 0 bridgehead atoms. The average Bonchev–Trinajstić information content (AvgIpc) is 2.70. The zero-order valence-electron chi connectivity index (χ0n) is 18.6. The fraction of sp³-hybridized carbons (Fsp3) is 0.455. The molecule has 1 aliphatic rings. The van der Waals surface area contributed by atoms with E-state index in [1.807, 2.05) is 19.2 Å². The van der Waals surface area contributed by atoms with Crippen molar-refractivity contribution in [1.29, 1.82) is 0 Å². The van der Waals surface area contributed by atoms with Crippen LogP contribution in [0.2, 0.25) is 0 Å². The number of rotatable bonds is 4. The molecule has 3 rings (SSSR count). The molecule has 31 heavy (non-hydrogen) atoms. The molecule has 0 aliphatic carbocycles. The van der Waals surface area contributed by atoms with Crippen molar-refractivity contribution in [1.82, 2.24) is 14.5 Å². The lowest BCUT2D eigenvalue weighted by Gasteiger charge is -2.35. The number of pyridine rings is 2. The summed E-state index contributed by atoms with van der Waals surface area (Å²) in [5, 5.41) is 3.06. The monoisotopic (exact) mass is 427 g/mol. The highest BCUT2D eigenvalue weighted by molar-refractivity contribution is 5.97. The lowest BCUT2D eigenvalue weighted by Crippen LogP contribution is -2.53. The van der Waals surface area contributed by atoms with Gasteiger partial charge in [-0.15, -0.1) is 0 Å². The first-order valence-corrected chi connectivity index (χ1v) is 10.3. The highest BCUT2D eigenvalue weighted by atomic mass is 16.6. The second-order valence-corrected chi connectivity index (χ2v) is 8.51. The van der Waals surface area contributed by atoms with Crippen LogP contribution in [0.3, 0.4) is 0 Å². The van der Waals surface area contributed by atoms with E-state index in [1.54, 1.807) is 55.6 Å². The smallest absolute Gasteiger partial charge is 0.410 e. The van der Waals surface area contributed by atoms with Crippen molar-refractivity contribution in [3.05, 3.63) is 46.5 Å². The first-order chi connectivity index (χ1) is 14.6. The molecule has 0 unspecified atom stereocenters. The predicted octanol–water partition coefficient (Wildman–Crippen LogP) is 2.67. The van der Waals surface area contributed by atoms with Crippen LogP contribution in [0.4, 0.5) is 22.0 Å². The lowest BCUT2D eigenvalue weighted by atomic mass is 10.2. The van der Waals surface area contributed by atoms with Gasteiger partial charge in [0.25, 0.3) is 5.56 Å². The molecule has 1 N–H and O–H groups in total. The summed E-state index contributed by atoms with van der Waals surface area (Å²) in [5.41, 5.74) is 1.37. The number of aryl methyl sites for hydroxylation is 2. The lowest BCUT2D eigenvalue weighted by molar-refractivity contribution is -0.121. The Labute approximate surface area is 181 Å². The van der Waals surface area contributed by atoms with Crippen LogP contribution in [0.25, 0.3) is 0 Å². The van der Waals surface area contributed by atoms with Crippen molar-refractivity contribution < 1.29 is 14.3 Å². The largest absolute Gasteiger partial charge is 0.444 e. The summed E-state index contributed by atoms with van der Waals surface area (Å²) in [6.07, 6.45) is 3.71. The van der Waals surface area contributed by atoms with E-state index >= 15 is 0 Å². The predicted molar refractivity (Wildman–Crippen MR) is 119 cm³/mol. The molecule has 1 aliphatic heterocycles. The molecule has 2 aromatic rings. The van der Waals surface area contributed by atoms with E-state index in [4.69, 9.17) is 4.74 Å². The Morgan fingerprint density at radius 1 is 1.23 bits per heavy atom. The van der Waals surface area contributed by atoms with Gasteiger partial charge in [0.15, 0.2) is 0 Å². The normalized spacial score (nSPS) is 14.5. The van der Waals surface area contributed by atoms with Crippen LogP contribution >= 0.6 is 0 Å². The van der Waals surface area contributed by atoms with E-state index in [-0.39, 0.29) is 18.0 Å².